The van der Waals surface area contributed by atoms with Crippen molar-refractivity contribution < 1.29 is 14.6 Å². The van der Waals surface area contributed by atoms with Gasteiger partial charge in [-0.25, -0.2) is 0 Å². The van der Waals surface area contributed by atoms with Gasteiger partial charge >= 0.3 is 0 Å². The van der Waals surface area contributed by atoms with Crippen molar-refractivity contribution >= 4 is 0 Å². The van der Waals surface area contributed by atoms with Gasteiger partial charge in [-0.15, -0.1) is 0 Å². The molecule has 0 aromatic heterocycles. The SMILES string of the molecule is Cc1cc(C)cc(OCC(O)COc2ccc(CC#N)cc2)c1. The van der Waals surface area contributed by atoms with Crippen molar-refractivity contribution in [3.63, 3.8) is 0 Å². The molecule has 120 valence electrons. The number of rotatable bonds is 7. The van der Waals surface area contributed by atoms with Crippen LogP contribution in [-0.2, 0) is 6.42 Å². The van der Waals surface area contributed by atoms with E-state index in [0.717, 1.165) is 22.4 Å². The van der Waals surface area contributed by atoms with E-state index in [1.54, 1.807) is 12.1 Å². The van der Waals surface area contributed by atoms with Gasteiger partial charge in [0.25, 0.3) is 0 Å². The number of aryl methyl sites for hydroxylation is 2. The van der Waals surface area contributed by atoms with E-state index in [1.807, 2.05) is 38.1 Å². The van der Waals surface area contributed by atoms with Gasteiger partial charge in [0, 0.05) is 0 Å². The van der Waals surface area contributed by atoms with E-state index in [-0.39, 0.29) is 13.2 Å². The second-order valence-electron chi connectivity index (χ2n) is 5.58. The summed E-state index contributed by atoms with van der Waals surface area (Å²) in [6.07, 6.45) is -0.332. The monoisotopic (exact) mass is 311 g/mol. The van der Waals surface area contributed by atoms with Crippen molar-refractivity contribution in [2.75, 3.05) is 13.2 Å². The largest absolute Gasteiger partial charge is 0.491 e. The second-order valence-corrected chi connectivity index (χ2v) is 5.58. The lowest BCUT2D eigenvalue weighted by Gasteiger charge is -2.14. The average Bonchev–Trinajstić information content (AvgIpc) is 2.52. The standard InChI is InChI=1S/C19H21NO3/c1-14-9-15(2)11-19(10-14)23-13-17(21)12-22-18-5-3-16(4-6-18)7-8-20/h3-6,9-11,17,21H,7,12-13H2,1-2H3. The summed E-state index contributed by atoms with van der Waals surface area (Å²) in [6.45, 7) is 4.35. The number of benzene rings is 2. The number of aliphatic hydroxyl groups excluding tert-OH is 1. The predicted molar refractivity (Wildman–Crippen MR) is 88.7 cm³/mol. The van der Waals surface area contributed by atoms with E-state index in [1.165, 1.54) is 0 Å². The van der Waals surface area contributed by atoms with Crippen molar-refractivity contribution in [1.82, 2.24) is 0 Å². The zero-order chi connectivity index (χ0) is 16.7. The van der Waals surface area contributed by atoms with E-state index in [2.05, 4.69) is 12.1 Å². The first-order valence-electron chi connectivity index (χ1n) is 7.54. The molecule has 0 fully saturated rings. The van der Waals surface area contributed by atoms with Crippen molar-refractivity contribution in [3.8, 4) is 17.6 Å². The van der Waals surface area contributed by atoms with Crippen LogP contribution in [0.15, 0.2) is 42.5 Å². The van der Waals surface area contributed by atoms with Crippen LogP contribution in [0.1, 0.15) is 16.7 Å². The van der Waals surface area contributed by atoms with E-state index in [0.29, 0.717) is 12.2 Å². The Morgan fingerprint density at radius 3 is 2.09 bits per heavy atom. The minimum atomic E-state index is -0.713. The fraction of sp³-hybridized carbons (Fsp3) is 0.316. The normalized spacial score (nSPS) is 11.6. The maximum Gasteiger partial charge on any atom is 0.122 e. The molecule has 2 aromatic carbocycles. The fourth-order valence-corrected chi connectivity index (χ4v) is 2.24. The summed E-state index contributed by atoms with van der Waals surface area (Å²) in [5.41, 5.74) is 3.20. The number of hydrogen-bond acceptors (Lipinski definition) is 4. The molecule has 2 rings (SSSR count). The van der Waals surface area contributed by atoms with Crippen LogP contribution in [0.3, 0.4) is 0 Å². The van der Waals surface area contributed by atoms with E-state index < -0.39 is 6.10 Å². The van der Waals surface area contributed by atoms with Crippen LogP contribution < -0.4 is 9.47 Å². The molecule has 0 bridgehead atoms. The molecule has 0 aliphatic rings. The third-order valence-electron chi connectivity index (χ3n) is 3.29. The summed E-state index contributed by atoms with van der Waals surface area (Å²) in [7, 11) is 0. The number of nitrogens with zero attached hydrogens (tertiary/aromatic N) is 1. The molecule has 0 aliphatic carbocycles. The molecule has 0 aliphatic heterocycles. The molecule has 2 aromatic rings. The predicted octanol–water partition coefficient (Wildman–Crippen LogP) is 3.19. The zero-order valence-corrected chi connectivity index (χ0v) is 13.5. The summed E-state index contributed by atoms with van der Waals surface area (Å²) in [5, 5.41) is 18.6. The first kappa shape index (κ1) is 16.9. The molecular formula is C19H21NO3. The van der Waals surface area contributed by atoms with Crippen molar-refractivity contribution in [3.05, 3.63) is 59.2 Å². The van der Waals surface area contributed by atoms with Crippen LogP contribution in [0.2, 0.25) is 0 Å². The molecular weight excluding hydrogens is 290 g/mol. The molecule has 0 saturated heterocycles. The summed E-state index contributed by atoms with van der Waals surface area (Å²) in [5.74, 6) is 1.42. The maximum atomic E-state index is 9.96. The molecule has 1 atom stereocenters. The molecule has 4 heteroatoms. The van der Waals surface area contributed by atoms with Crippen molar-refractivity contribution in [2.24, 2.45) is 0 Å². The van der Waals surface area contributed by atoms with Crippen LogP contribution in [0, 0.1) is 25.2 Å². The van der Waals surface area contributed by atoms with Crippen LogP contribution in [-0.4, -0.2) is 24.4 Å². The highest BCUT2D eigenvalue weighted by atomic mass is 16.5. The molecule has 0 amide bonds. The Balaban J connectivity index is 1.78. The Morgan fingerprint density at radius 2 is 1.52 bits per heavy atom. The summed E-state index contributed by atoms with van der Waals surface area (Å²) in [4.78, 5) is 0. The summed E-state index contributed by atoms with van der Waals surface area (Å²) < 4.78 is 11.1. The Kier molecular flexibility index (Phi) is 6.02. The molecule has 0 heterocycles. The van der Waals surface area contributed by atoms with E-state index >= 15 is 0 Å². The minimum Gasteiger partial charge on any atom is -0.491 e. The van der Waals surface area contributed by atoms with Crippen LogP contribution >= 0.6 is 0 Å². The molecule has 23 heavy (non-hydrogen) atoms. The minimum absolute atomic E-state index is 0.155. The van der Waals surface area contributed by atoms with Gasteiger partial charge in [-0.05, 0) is 54.8 Å². The molecule has 0 saturated carbocycles. The molecule has 0 radical (unpaired) electrons. The Bertz CT molecular complexity index is 654. The lowest BCUT2D eigenvalue weighted by Crippen LogP contribution is -2.25. The lowest BCUT2D eigenvalue weighted by molar-refractivity contribution is 0.0626. The Labute approximate surface area is 136 Å². The molecule has 1 unspecified atom stereocenters. The summed E-state index contributed by atoms with van der Waals surface area (Å²) in [6, 6.07) is 15.3. The topological polar surface area (TPSA) is 62.5 Å². The highest BCUT2D eigenvalue weighted by Crippen LogP contribution is 2.17. The van der Waals surface area contributed by atoms with Crippen molar-refractivity contribution in [2.45, 2.75) is 26.4 Å². The summed E-state index contributed by atoms with van der Waals surface area (Å²) >= 11 is 0. The zero-order valence-electron chi connectivity index (χ0n) is 13.5. The lowest BCUT2D eigenvalue weighted by atomic mass is 10.1. The third kappa shape index (κ3) is 5.65. The molecule has 4 nitrogen and oxygen atoms in total. The molecule has 1 N–H and O–H groups in total. The Hall–Kier alpha value is -2.51. The number of ether oxygens (including phenoxy) is 2. The van der Waals surface area contributed by atoms with Crippen LogP contribution in [0.25, 0.3) is 0 Å². The quantitative estimate of drug-likeness (QED) is 0.853. The highest BCUT2D eigenvalue weighted by molar-refractivity contribution is 5.33. The van der Waals surface area contributed by atoms with Gasteiger partial charge < -0.3 is 14.6 Å². The first-order valence-corrected chi connectivity index (χ1v) is 7.54. The smallest absolute Gasteiger partial charge is 0.122 e. The van der Waals surface area contributed by atoms with Gasteiger partial charge in [0.05, 0.1) is 12.5 Å². The van der Waals surface area contributed by atoms with E-state index in [9.17, 15) is 5.11 Å². The third-order valence-corrected chi connectivity index (χ3v) is 3.29. The molecule has 0 spiro atoms. The number of nitriles is 1. The van der Waals surface area contributed by atoms with E-state index in [4.69, 9.17) is 14.7 Å². The number of hydrogen-bond donors (Lipinski definition) is 1. The van der Waals surface area contributed by atoms with Crippen LogP contribution in [0.4, 0.5) is 0 Å². The highest BCUT2D eigenvalue weighted by Gasteiger charge is 2.07. The number of aliphatic hydroxyl groups is 1. The average molecular weight is 311 g/mol. The van der Waals surface area contributed by atoms with Gasteiger partial charge in [-0.3, -0.25) is 0 Å². The van der Waals surface area contributed by atoms with Gasteiger partial charge in [-0.1, -0.05) is 18.2 Å². The van der Waals surface area contributed by atoms with Crippen LogP contribution in [0.5, 0.6) is 11.5 Å². The fourth-order valence-electron chi connectivity index (χ4n) is 2.24. The maximum absolute atomic E-state index is 9.96. The van der Waals surface area contributed by atoms with Crippen molar-refractivity contribution in [1.29, 1.82) is 5.26 Å². The first-order chi connectivity index (χ1) is 11.1. The Morgan fingerprint density at radius 1 is 0.957 bits per heavy atom. The van der Waals surface area contributed by atoms with Gasteiger partial charge in [0.2, 0.25) is 0 Å². The van der Waals surface area contributed by atoms with Gasteiger partial charge in [-0.2, -0.15) is 5.26 Å². The van der Waals surface area contributed by atoms with Gasteiger partial charge in [0.1, 0.15) is 30.8 Å². The second kappa shape index (κ2) is 8.21. The van der Waals surface area contributed by atoms with Gasteiger partial charge in [0.15, 0.2) is 0 Å².